The van der Waals surface area contributed by atoms with Crippen LogP contribution >= 0.6 is 22.9 Å². The lowest BCUT2D eigenvalue weighted by atomic mass is 10.1. The number of pyridine rings is 1. The maximum atomic E-state index is 11.4. The van der Waals surface area contributed by atoms with Crippen LogP contribution in [0.4, 0.5) is 5.69 Å². The van der Waals surface area contributed by atoms with Gasteiger partial charge in [0.15, 0.2) is 6.10 Å². The Kier molecular flexibility index (Phi) is 5.99. The van der Waals surface area contributed by atoms with Crippen molar-refractivity contribution in [1.29, 1.82) is 0 Å². The molecule has 3 heterocycles. The zero-order valence-electron chi connectivity index (χ0n) is 15.9. The standard InChI is InChI=1S/C20H19ClN2O5S2/c1-30(25,26)23-14-2-3-15(16(21)8-14)19-6-13(11-29-19)12-4-5-22-20(7-12)28-18-10-27-9-17(18)24/h2-8,11,17-18,23-24H,9-10H2,1H3/t17-,18+/m0/s1. The van der Waals surface area contributed by atoms with Crippen molar-refractivity contribution < 1.29 is 23.0 Å². The Balaban J connectivity index is 1.55. The summed E-state index contributed by atoms with van der Waals surface area (Å²) in [5, 5.41) is 12.3. The maximum absolute atomic E-state index is 11.4. The highest BCUT2D eigenvalue weighted by molar-refractivity contribution is 7.92. The molecule has 10 heteroatoms. The van der Waals surface area contributed by atoms with Crippen molar-refractivity contribution in [3.05, 3.63) is 53.0 Å². The first kappa shape index (κ1) is 21.1. The monoisotopic (exact) mass is 466 g/mol. The smallest absolute Gasteiger partial charge is 0.229 e. The van der Waals surface area contributed by atoms with Crippen LogP contribution in [0.15, 0.2) is 48.0 Å². The zero-order valence-corrected chi connectivity index (χ0v) is 18.3. The summed E-state index contributed by atoms with van der Waals surface area (Å²) in [7, 11) is -3.37. The molecule has 3 aromatic rings. The van der Waals surface area contributed by atoms with E-state index in [1.165, 1.54) is 11.3 Å². The van der Waals surface area contributed by atoms with Gasteiger partial charge in [0.05, 0.1) is 24.5 Å². The van der Waals surface area contributed by atoms with Crippen LogP contribution in [0.1, 0.15) is 0 Å². The average Bonchev–Trinajstić information content (AvgIpc) is 3.31. The number of sulfonamides is 1. The lowest BCUT2D eigenvalue weighted by Crippen LogP contribution is -2.30. The van der Waals surface area contributed by atoms with E-state index >= 15 is 0 Å². The van der Waals surface area contributed by atoms with E-state index in [1.54, 1.807) is 24.4 Å². The fraction of sp³-hybridized carbons (Fsp3) is 0.250. The van der Waals surface area contributed by atoms with Crippen molar-refractivity contribution in [1.82, 2.24) is 4.98 Å². The van der Waals surface area contributed by atoms with Gasteiger partial charge in [-0.1, -0.05) is 11.6 Å². The fourth-order valence-corrected chi connectivity index (χ4v) is 4.92. The molecule has 2 atom stereocenters. The third-order valence-electron chi connectivity index (χ3n) is 4.48. The number of ether oxygens (including phenoxy) is 2. The highest BCUT2D eigenvalue weighted by Gasteiger charge is 2.28. The topological polar surface area (TPSA) is 97.8 Å². The van der Waals surface area contributed by atoms with Crippen molar-refractivity contribution in [2.75, 3.05) is 24.2 Å². The van der Waals surface area contributed by atoms with E-state index in [-0.39, 0.29) is 6.61 Å². The quantitative estimate of drug-likeness (QED) is 0.575. The zero-order chi connectivity index (χ0) is 21.3. The lowest BCUT2D eigenvalue weighted by molar-refractivity contribution is 0.0704. The Bertz CT molecular complexity index is 1170. The molecule has 0 amide bonds. The predicted octanol–water partition coefficient (Wildman–Crippen LogP) is 3.64. The molecular formula is C20H19ClN2O5S2. The van der Waals surface area contributed by atoms with Gasteiger partial charge < -0.3 is 14.6 Å². The second kappa shape index (κ2) is 8.52. The number of nitrogens with one attached hydrogen (secondary N) is 1. The number of rotatable bonds is 6. The largest absolute Gasteiger partial charge is 0.469 e. The molecule has 4 rings (SSSR count). The van der Waals surface area contributed by atoms with Crippen molar-refractivity contribution in [3.8, 4) is 27.4 Å². The van der Waals surface area contributed by atoms with Crippen molar-refractivity contribution in [2.24, 2.45) is 0 Å². The molecule has 0 aliphatic carbocycles. The average molecular weight is 467 g/mol. The number of nitrogens with zero attached hydrogens (tertiary/aromatic N) is 1. The Labute approximate surface area is 183 Å². The van der Waals surface area contributed by atoms with Crippen molar-refractivity contribution in [3.63, 3.8) is 0 Å². The first-order valence-corrected chi connectivity index (χ1v) is 12.2. The second-order valence-electron chi connectivity index (χ2n) is 6.91. The molecule has 2 N–H and O–H groups in total. The van der Waals surface area contributed by atoms with Crippen LogP contribution in [-0.4, -0.2) is 50.2 Å². The number of aliphatic hydroxyl groups is 1. The first-order chi connectivity index (χ1) is 14.3. The molecule has 1 fully saturated rings. The van der Waals surface area contributed by atoms with Crippen LogP contribution in [-0.2, 0) is 14.8 Å². The van der Waals surface area contributed by atoms with E-state index in [2.05, 4.69) is 9.71 Å². The minimum Gasteiger partial charge on any atom is -0.469 e. The molecule has 0 unspecified atom stereocenters. The first-order valence-electron chi connectivity index (χ1n) is 9.03. The van der Waals surface area contributed by atoms with Crippen LogP contribution < -0.4 is 9.46 Å². The van der Waals surface area contributed by atoms with Gasteiger partial charge in [0.1, 0.15) is 6.10 Å². The van der Waals surface area contributed by atoms with Crippen molar-refractivity contribution in [2.45, 2.75) is 12.2 Å². The molecule has 0 radical (unpaired) electrons. The molecule has 1 aromatic carbocycles. The molecule has 0 spiro atoms. The summed E-state index contributed by atoms with van der Waals surface area (Å²) in [6.45, 7) is 0.593. The van der Waals surface area contributed by atoms with Crippen LogP contribution in [0.25, 0.3) is 21.6 Å². The number of hydrogen-bond acceptors (Lipinski definition) is 7. The molecule has 7 nitrogen and oxygen atoms in total. The molecule has 1 saturated heterocycles. The van der Waals surface area contributed by atoms with Gasteiger partial charge in [0.25, 0.3) is 0 Å². The predicted molar refractivity (Wildman–Crippen MR) is 118 cm³/mol. The van der Waals surface area contributed by atoms with Gasteiger partial charge in [0, 0.05) is 28.4 Å². The van der Waals surface area contributed by atoms with E-state index in [0.29, 0.717) is 23.2 Å². The molecule has 1 aliphatic heterocycles. The van der Waals surface area contributed by atoms with Gasteiger partial charge in [0.2, 0.25) is 15.9 Å². The van der Waals surface area contributed by atoms with Crippen LogP contribution in [0.3, 0.4) is 0 Å². The number of anilines is 1. The summed E-state index contributed by atoms with van der Waals surface area (Å²) in [6, 6.07) is 10.7. The van der Waals surface area contributed by atoms with Crippen molar-refractivity contribution >= 4 is 38.6 Å². The molecular weight excluding hydrogens is 448 g/mol. The third kappa shape index (κ3) is 4.93. The molecule has 2 aromatic heterocycles. The molecule has 158 valence electrons. The number of halogens is 1. The Morgan fingerprint density at radius 3 is 2.77 bits per heavy atom. The van der Waals surface area contributed by atoms with E-state index < -0.39 is 22.2 Å². The van der Waals surface area contributed by atoms with Gasteiger partial charge in [-0.05, 0) is 46.8 Å². The molecule has 0 saturated carbocycles. The summed E-state index contributed by atoms with van der Waals surface area (Å²) in [5.41, 5.74) is 3.11. The third-order valence-corrected chi connectivity index (χ3v) is 6.36. The van der Waals surface area contributed by atoms with E-state index in [4.69, 9.17) is 21.1 Å². The highest BCUT2D eigenvalue weighted by Crippen LogP contribution is 2.38. The van der Waals surface area contributed by atoms with Gasteiger partial charge >= 0.3 is 0 Å². The molecule has 30 heavy (non-hydrogen) atoms. The highest BCUT2D eigenvalue weighted by atomic mass is 35.5. The van der Waals surface area contributed by atoms with Crippen LogP contribution in [0.5, 0.6) is 5.88 Å². The summed E-state index contributed by atoms with van der Waals surface area (Å²) < 4.78 is 36.2. The van der Waals surface area contributed by atoms with Gasteiger partial charge in [-0.25, -0.2) is 13.4 Å². The lowest BCUT2D eigenvalue weighted by Gasteiger charge is -2.14. The minimum absolute atomic E-state index is 0.261. The Morgan fingerprint density at radius 1 is 1.23 bits per heavy atom. The fourth-order valence-electron chi connectivity index (χ4n) is 3.07. The van der Waals surface area contributed by atoms with E-state index in [9.17, 15) is 13.5 Å². The normalized spacial score (nSPS) is 19.0. The maximum Gasteiger partial charge on any atom is 0.229 e. The van der Waals surface area contributed by atoms with Gasteiger partial charge in [-0.15, -0.1) is 11.3 Å². The Morgan fingerprint density at radius 2 is 2.07 bits per heavy atom. The molecule has 0 bridgehead atoms. The van der Waals surface area contributed by atoms with E-state index in [1.807, 2.05) is 23.6 Å². The Hall–Kier alpha value is -2.17. The SMILES string of the molecule is CS(=O)(=O)Nc1ccc(-c2cc(-c3ccnc(O[C@@H]4COC[C@@H]4O)c3)cs2)c(Cl)c1. The summed E-state index contributed by atoms with van der Waals surface area (Å²) in [6.07, 6.45) is 1.66. The summed E-state index contributed by atoms with van der Waals surface area (Å²) >= 11 is 7.91. The van der Waals surface area contributed by atoms with Gasteiger partial charge in [-0.3, -0.25) is 4.72 Å². The number of benzene rings is 1. The summed E-state index contributed by atoms with van der Waals surface area (Å²) in [4.78, 5) is 5.16. The summed E-state index contributed by atoms with van der Waals surface area (Å²) in [5.74, 6) is 0.420. The minimum atomic E-state index is -3.37. The van der Waals surface area contributed by atoms with Crippen LogP contribution in [0.2, 0.25) is 5.02 Å². The number of thiophene rings is 1. The number of hydrogen-bond donors (Lipinski definition) is 2. The van der Waals surface area contributed by atoms with Crippen LogP contribution in [0, 0.1) is 0 Å². The number of aromatic nitrogens is 1. The van der Waals surface area contributed by atoms with Gasteiger partial charge in [-0.2, -0.15) is 0 Å². The second-order valence-corrected chi connectivity index (χ2v) is 9.98. The number of aliphatic hydroxyl groups excluding tert-OH is 1. The molecule has 1 aliphatic rings. The van der Waals surface area contributed by atoms with E-state index in [0.717, 1.165) is 27.8 Å².